The summed E-state index contributed by atoms with van der Waals surface area (Å²) in [4.78, 5) is 24.3. The number of carbonyl (C=O) groups excluding carboxylic acids is 2. The molecule has 2 N–H and O–H groups in total. The van der Waals surface area contributed by atoms with Gasteiger partial charge in [-0.3, -0.25) is 9.59 Å². The second-order valence-electron chi connectivity index (χ2n) is 6.39. The van der Waals surface area contributed by atoms with Gasteiger partial charge >= 0.3 is 0 Å². The van der Waals surface area contributed by atoms with E-state index in [1.165, 1.54) is 6.26 Å². The lowest BCUT2D eigenvalue weighted by Crippen LogP contribution is -2.14. The first-order chi connectivity index (χ1) is 14.7. The highest BCUT2D eigenvalue weighted by Gasteiger charge is 2.10. The third-order valence-electron chi connectivity index (χ3n) is 4.10. The van der Waals surface area contributed by atoms with Crippen LogP contribution in [0, 0.1) is 0 Å². The molecule has 156 valence electrons. The molecule has 0 aliphatic heterocycles. The SMILES string of the molecule is CCOc1ccccc1OCCCC(=O)Nc1cccc(NC(=O)c2ccco2)c1. The molecule has 0 spiro atoms. The van der Waals surface area contributed by atoms with Crippen molar-refractivity contribution in [1.29, 1.82) is 0 Å². The number of hydrogen-bond acceptors (Lipinski definition) is 5. The summed E-state index contributed by atoms with van der Waals surface area (Å²) in [5, 5.41) is 5.55. The molecule has 30 heavy (non-hydrogen) atoms. The minimum absolute atomic E-state index is 0.133. The predicted molar refractivity (Wildman–Crippen MR) is 114 cm³/mol. The lowest BCUT2D eigenvalue weighted by atomic mass is 10.2. The van der Waals surface area contributed by atoms with Crippen molar-refractivity contribution in [2.75, 3.05) is 23.8 Å². The third-order valence-corrected chi connectivity index (χ3v) is 4.10. The van der Waals surface area contributed by atoms with Crippen molar-refractivity contribution in [1.82, 2.24) is 0 Å². The molecule has 0 fully saturated rings. The number of rotatable bonds is 10. The topological polar surface area (TPSA) is 89.8 Å². The fraction of sp³-hybridized carbons (Fsp3) is 0.217. The molecule has 0 bridgehead atoms. The largest absolute Gasteiger partial charge is 0.490 e. The first-order valence-corrected chi connectivity index (χ1v) is 9.75. The van der Waals surface area contributed by atoms with E-state index in [2.05, 4.69) is 10.6 Å². The first-order valence-electron chi connectivity index (χ1n) is 9.75. The van der Waals surface area contributed by atoms with E-state index in [1.807, 2.05) is 31.2 Å². The zero-order chi connectivity index (χ0) is 21.2. The zero-order valence-corrected chi connectivity index (χ0v) is 16.7. The third kappa shape index (κ3) is 6.13. The Morgan fingerprint density at radius 3 is 2.33 bits per heavy atom. The van der Waals surface area contributed by atoms with Crippen LogP contribution < -0.4 is 20.1 Å². The van der Waals surface area contributed by atoms with Gasteiger partial charge in [-0.1, -0.05) is 18.2 Å². The van der Waals surface area contributed by atoms with Gasteiger partial charge < -0.3 is 24.5 Å². The van der Waals surface area contributed by atoms with Crippen LogP contribution in [0.4, 0.5) is 11.4 Å². The lowest BCUT2D eigenvalue weighted by molar-refractivity contribution is -0.116. The van der Waals surface area contributed by atoms with Crippen LogP contribution in [-0.2, 0) is 4.79 Å². The van der Waals surface area contributed by atoms with Gasteiger partial charge in [-0.15, -0.1) is 0 Å². The van der Waals surface area contributed by atoms with Crippen molar-refractivity contribution >= 4 is 23.2 Å². The van der Waals surface area contributed by atoms with E-state index in [4.69, 9.17) is 13.9 Å². The Morgan fingerprint density at radius 2 is 1.63 bits per heavy atom. The maximum absolute atomic E-state index is 12.2. The molecule has 7 nitrogen and oxygen atoms in total. The molecule has 1 heterocycles. The number of benzene rings is 2. The second-order valence-corrected chi connectivity index (χ2v) is 6.39. The monoisotopic (exact) mass is 408 g/mol. The number of furan rings is 1. The number of amides is 2. The molecule has 0 aliphatic rings. The van der Waals surface area contributed by atoms with Gasteiger partial charge in [0, 0.05) is 17.8 Å². The van der Waals surface area contributed by atoms with Gasteiger partial charge in [0.25, 0.3) is 5.91 Å². The van der Waals surface area contributed by atoms with E-state index in [0.717, 1.165) is 0 Å². The smallest absolute Gasteiger partial charge is 0.291 e. The van der Waals surface area contributed by atoms with E-state index >= 15 is 0 Å². The highest BCUT2D eigenvalue weighted by molar-refractivity contribution is 6.02. The van der Waals surface area contributed by atoms with E-state index < -0.39 is 0 Å². The molecule has 2 amide bonds. The number of hydrogen-bond donors (Lipinski definition) is 2. The molecule has 1 aromatic heterocycles. The van der Waals surface area contributed by atoms with Crippen LogP contribution in [-0.4, -0.2) is 25.0 Å². The van der Waals surface area contributed by atoms with Crippen molar-refractivity contribution < 1.29 is 23.5 Å². The number of nitrogens with one attached hydrogen (secondary N) is 2. The zero-order valence-electron chi connectivity index (χ0n) is 16.7. The first kappa shape index (κ1) is 21.0. The molecule has 3 rings (SSSR count). The maximum atomic E-state index is 12.2. The van der Waals surface area contributed by atoms with Crippen LogP contribution in [0.25, 0.3) is 0 Å². The van der Waals surface area contributed by atoms with Gasteiger partial charge in [0.1, 0.15) is 0 Å². The Bertz CT molecular complexity index is 969. The predicted octanol–water partition coefficient (Wildman–Crippen LogP) is 4.73. The molecule has 7 heteroatoms. The van der Waals surface area contributed by atoms with Crippen molar-refractivity contribution in [2.24, 2.45) is 0 Å². The van der Waals surface area contributed by atoms with Crippen LogP contribution in [0.2, 0.25) is 0 Å². The highest BCUT2D eigenvalue weighted by Crippen LogP contribution is 2.26. The average Bonchev–Trinajstić information content (AvgIpc) is 3.28. The molecule has 0 aliphatic carbocycles. The van der Waals surface area contributed by atoms with Crippen molar-refractivity contribution in [3.05, 3.63) is 72.7 Å². The summed E-state index contributed by atoms with van der Waals surface area (Å²) in [6.45, 7) is 2.87. The summed E-state index contributed by atoms with van der Waals surface area (Å²) >= 11 is 0. The standard InChI is InChI=1S/C23H24N2O5/c1-2-28-19-10-3-4-11-20(19)29-15-7-13-22(26)24-17-8-5-9-18(16-17)25-23(27)21-12-6-14-30-21/h3-6,8-12,14,16H,2,7,13,15H2,1H3,(H,24,26)(H,25,27). The Balaban J connectivity index is 1.44. The molecular weight excluding hydrogens is 384 g/mol. The molecule has 3 aromatic rings. The van der Waals surface area contributed by atoms with Crippen molar-refractivity contribution in [3.63, 3.8) is 0 Å². The quantitative estimate of drug-likeness (QED) is 0.474. The summed E-state index contributed by atoms with van der Waals surface area (Å²) in [7, 11) is 0. The Labute approximate surface area is 175 Å². The number of carbonyl (C=O) groups is 2. The van der Waals surface area contributed by atoms with Gasteiger partial charge in [0.05, 0.1) is 19.5 Å². The summed E-state index contributed by atoms with van der Waals surface area (Å²) < 4.78 is 16.3. The Morgan fingerprint density at radius 1 is 0.900 bits per heavy atom. The van der Waals surface area contributed by atoms with Gasteiger partial charge in [0.2, 0.25) is 5.91 Å². The fourth-order valence-corrected chi connectivity index (χ4v) is 2.76. The van der Waals surface area contributed by atoms with E-state index in [1.54, 1.807) is 36.4 Å². The van der Waals surface area contributed by atoms with Crippen LogP contribution in [0.15, 0.2) is 71.3 Å². The van der Waals surface area contributed by atoms with Crippen LogP contribution in [0.3, 0.4) is 0 Å². The molecule has 0 unspecified atom stereocenters. The summed E-state index contributed by atoms with van der Waals surface area (Å²) in [6.07, 6.45) is 2.30. The normalized spacial score (nSPS) is 10.3. The highest BCUT2D eigenvalue weighted by atomic mass is 16.5. The van der Waals surface area contributed by atoms with Crippen LogP contribution in [0.5, 0.6) is 11.5 Å². The Kier molecular flexibility index (Phi) is 7.49. The maximum Gasteiger partial charge on any atom is 0.291 e. The van der Waals surface area contributed by atoms with Crippen molar-refractivity contribution in [2.45, 2.75) is 19.8 Å². The van der Waals surface area contributed by atoms with Gasteiger partial charge in [-0.2, -0.15) is 0 Å². The minimum atomic E-state index is -0.354. The Hall–Kier alpha value is -3.74. The fourth-order valence-electron chi connectivity index (χ4n) is 2.76. The average molecular weight is 408 g/mol. The molecule has 0 saturated carbocycles. The van der Waals surface area contributed by atoms with E-state index in [-0.39, 0.29) is 17.6 Å². The molecule has 0 radical (unpaired) electrons. The molecule has 2 aromatic carbocycles. The minimum Gasteiger partial charge on any atom is -0.490 e. The molecular formula is C23H24N2O5. The van der Waals surface area contributed by atoms with Gasteiger partial charge in [-0.05, 0) is 55.8 Å². The molecule has 0 atom stereocenters. The van der Waals surface area contributed by atoms with Crippen molar-refractivity contribution in [3.8, 4) is 11.5 Å². The van der Waals surface area contributed by atoms with Gasteiger partial charge in [0.15, 0.2) is 17.3 Å². The van der Waals surface area contributed by atoms with E-state index in [9.17, 15) is 9.59 Å². The number of para-hydroxylation sites is 2. The number of anilines is 2. The van der Waals surface area contributed by atoms with Crippen LogP contribution >= 0.6 is 0 Å². The van der Waals surface area contributed by atoms with Crippen LogP contribution in [0.1, 0.15) is 30.3 Å². The summed E-state index contributed by atoms with van der Waals surface area (Å²) in [5.74, 6) is 1.09. The lowest BCUT2D eigenvalue weighted by Gasteiger charge is -2.11. The summed E-state index contributed by atoms with van der Waals surface area (Å²) in [6, 6.07) is 17.6. The summed E-state index contributed by atoms with van der Waals surface area (Å²) in [5.41, 5.74) is 1.16. The second kappa shape index (κ2) is 10.7. The van der Waals surface area contributed by atoms with Gasteiger partial charge in [-0.25, -0.2) is 0 Å². The van der Waals surface area contributed by atoms with E-state index in [0.29, 0.717) is 48.9 Å². The number of ether oxygens (including phenoxy) is 2. The molecule has 0 saturated heterocycles.